The number of benzene rings is 1. The molecule has 0 saturated heterocycles. The zero-order chi connectivity index (χ0) is 14.1. The third-order valence-electron chi connectivity index (χ3n) is 3.27. The number of hydrogen-bond acceptors (Lipinski definition) is 2. The molecule has 0 amide bonds. The molecule has 1 N–H and O–H groups in total. The van der Waals surface area contributed by atoms with Gasteiger partial charge >= 0.3 is 0 Å². The van der Waals surface area contributed by atoms with Crippen LogP contribution in [-0.4, -0.2) is 13.2 Å². The molecular formula is C17H29NO. The number of nitrogens with one attached hydrogen (secondary N) is 1. The van der Waals surface area contributed by atoms with Crippen molar-refractivity contribution in [1.82, 2.24) is 5.32 Å². The Labute approximate surface area is 118 Å². The van der Waals surface area contributed by atoms with Crippen molar-refractivity contribution in [3.8, 4) is 5.75 Å². The minimum Gasteiger partial charge on any atom is -0.494 e. The summed E-state index contributed by atoms with van der Waals surface area (Å²) in [6.45, 7) is 10.7. The van der Waals surface area contributed by atoms with Crippen molar-refractivity contribution < 1.29 is 4.74 Å². The smallest absolute Gasteiger partial charge is 0.119 e. The van der Waals surface area contributed by atoms with E-state index in [-0.39, 0.29) is 0 Å². The number of hydrogen-bond donors (Lipinski definition) is 1. The fourth-order valence-electron chi connectivity index (χ4n) is 2.05. The molecule has 1 unspecified atom stereocenters. The SMILES string of the molecule is CCCNC(CC)c1cccc(OCCC(C)C)c1. The van der Waals surface area contributed by atoms with Gasteiger partial charge in [-0.3, -0.25) is 0 Å². The molecule has 0 heterocycles. The van der Waals surface area contributed by atoms with Crippen LogP contribution < -0.4 is 10.1 Å². The Morgan fingerprint density at radius 2 is 2.00 bits per heavy atom. The molecule has 2 heteroatoms. The monoisotopic (exact) mass is 263 g/mol. The summed E-state index contributed by atoms with van der Waals surface area (Å²) in [6.07, 6.45) is 3.38. The van der Waals surface area contributed by atoms with Crippen LogP contribution in [0, 0.1) is 5.92 Å². The van der Waals surface area contributed by atoms with E-state index in [1.165, 1.54) is 12.0 Å². The molecule has 19 heavy (non-hydrogen) atoms. The summed E-state index contributed by atoms with van der Waals surface area (Å²) in [7, 11) is 0. The molecule has 1 rings (SSSR count). The first kappa shape index (κ1) is 16.0. The minimum absolute atomic E-state index is 0.439. The Morgan fingerprint density at radius 1 is 1.21 bits per heavy atom. The average Bonchev–Trinajstić information content (AvgIpc) is 2.40. The van der Waals surface area contributed by atoms with E-state index in [1.54, 1.807) is 0 Å². The summed E-state index contributed by atoms with van der Waals surface area (Å²) >= 11 is 0. The molecule has 0 saturated carbocycles. The molecule has 0 bridgehead atoms. The van der Waals surface area contributed by atoms with Crippen molar-refractivity contribution >= 4 is 0 Å². The lowest BCUT2D eigenvalue weighted by molar-refractivity contribution is 0.289. The fraction of sp³-hybridized carbons (Fsp3) is 0.647. The second kappa shape index (κ2) is 8.98. The Bertz CT molecular complexity index is 349. The molecule has 0 spiro atoms. The van der Waals surface area contributed by atoms with Gasteiger partial charge in [0.05, 0.1) is 6.61 Å². The van der Waals surface area contributed by atoms with Crippen molar-refractivity contribution in [2.24, 2.45) is 5.92 Å². The molecule has 1 aromatic carbocycles. The van der Waals surface area contributed by atoms with E-state index in [0.717, 1.165) is 31.7 Å². The molecule has 1 atom stereocenters. The molecule has 2 nitrogen and oxygen atoms in total. The Hall–Kier alpha value is -1.02. The number of ether oxygens (including phenoxy) is 1. The Balaban J connectivity index is 2.58. The summed E-state index contributed by atoms with van der Waals surface area (Å²) in [5, 5.41) is 3.58. The van der Waals surface area contributed by atoms with Crippen LogP contribution in [0.5, 0.6) is 5.75 Å². The van der Waals surface area contributed by atoms with Crippen LogP contribution in [-0.2, 0) is 0 Å². The van der Waals surface area contributed by atoms with Crippen molar-refractivity contribution in [2.75, 3.05) is 13.2 Å². The molecule has 0 fully saturated rings. The summed E-state index contributed by atoms with van der Waals surface area (Å²) in [5.41, 5.74) is 1.33. The zero-order valence-corrected chi connectivity index (χ0v) is 12.9. The second-order valence-electron chi connectivity index (χ2n) is 5.52. The maximum Gasteiger partial charge on any atom is 0.119 e. The summed E-state index contributed by atoms with van der Waals surface area (Å²) in [5.74, 6) is 1.69. The third kappa shape index (κ3) is 6.11. The zero-order valence-electron chi connectivity index (χ0n) is 12.9. The fourth-order valence-corrected chi connectivity index (χ4v) is 2.05. The van der Waals surface area contributed by atoms with Gasteiger partial charge in [-0.1, -0.05) is 39.8 Å². The van der Waals surface area contributed by atoms with Crippen LogP contribution in [0.25, 0.3) is 0 Å². The van der Waals surface area contributed by atoms with Crippen LogP contribution in [0.2, 0.25) is 0 Å². The quantitative estimate of drug-likeness (QED) is 0.705. The maximum atomic E-state index is 5.83. The van der Waals surface area contributed by atoms with Gasteiger partial charge in [0, 0.05) is 6.04 Å². The van der Waals surface area contributed by atoms with Crippen molar-refractivity contribution in [2.45, 2.75) is 53.0 Å². The molecule has 0 radical (unpaired) electrons. The van der Waals surface area contributed by atoms with Crippen LogP contribution >= 0.6 is 0 Å². The normalized spacial score (nSPS) is 12.7. The highest BCUT2D eigenvalue weighted by molar-refractivity contribution is 5.30. The van der Waals surface area contributed by atoms with Gasteiger partial charge in [0.25, 0.3) is 0 Å². The minimum atomic E-state index is 0.439. The molecular weight excluding hydrogens is 234 g/mol. The van der Waals surface area contributed by atoms with Gasteiger partial charge in [-0.2, -0.15) is 0 Å². The van der Waals surface area contributed by atoms with E-state index in [2.05, 4.69) is 57.3 Å². The molecule has 0 aliphatic carbocycles. The van der Waals surface area contributed by atoms with Crippen molar-refractivity contribution in [1.29, 1.82) is 0 Å². The summed E-state index contributed by atoms with van der Waals surface area (Å²) < 4.78 is 5.83. The van der Waals surface area contributed by atoms with E-state index in [4.69, 9.17) is 4.74 Å². The van der Waals surface area contributed by atoms with Gasteiger partial charge in [-0.15, -0.1) is 0 Å². The predicted octanol–water partition coefficient (Wildman–Crippen LogP) is 4.56. The highest BCUT2D eigenvalue weighted by Gasteiger charge is 2.08. The standard InChI is InChI=1S/C17H29NO/c1-5-11-18-17(6-2)15-8-7-9-16(13-15)19-12-10-14(3)4/h7-9,13-14,17-18H,5-6,10-12H2,1-4H3. The summed E-state index contributed by atoms with van der Waals surface area (Å²) in [6, 6.07) is 8.95. The van der Waals surface area contributed by atoms with Gasteiger partial charge in [0.1, 0.15) is 5.75 Å². The van der Waals surface area contributed by atoms with E-state index < -0.39 is 0 Å². The Kier molecular flexibility index (Phi) is 7.57. The largest absolute Gasteiger partial charge is 0.494 e. The van der Waals surface area contributed by atoms with Gasteiger partial charge in [0.2, 0.25) is 0 Å². The van der Waals surface area contributed by atoms with E-state index in [0.29, 0.717) is 12.0 Å². The second-order valence-corrected chi connectivity index (χ2v) is 5.52. The first-order valence-electron chi connectivity index (χ1n) is 7.63. The summed E-state index contributed by atoms with van der Waals surface area (Å²) in [4.78, 5) is 0. The topological polar surface area (TPSA) is 21.3 Å². The van der Waals surface area contributed by atoms with Crippen LogP contribution in [0.4, 0.5) is 0 Å². The highest BCUT2D eigenvalue weighted by Crippen LogP contribution is 2.22. The molecule has 0 aliphatic rings. The van der Waals surface area contributed by atoms with Crippen LogP contribution in [0.15, 0.2) is 24.3 Å². The lowest BCUT2D eigenvalue weighted by Crippen LogP contribution is -2.21. The van der Waals surface area contributed by atoms with Gasteiger partial charge < -0.3 is 10.1 Å². The lowest BCUT2D eigenvalue weighted by Gasteiger charge is -2.18. The predicted molar refractivity (Wildman–Crippen MR) is 82.7 cm³/mol. The van der Waals surface area contributed by atoms with Gasteiger partial charge in [0.15, 0.2) is 0 Å². The van der Waals surface area contributed by atoms with E-state index in [9.17, 15) is 0 Å². The van der Waals surface area contributed by atoms with Gasteiger partial charge in [-0.25, -0.2) is 0 Å². The molecule has 108 valence electrons. The van der Waals surface area contributed by atoms with E-state index in [1.807, 2.05) is 0 Å². The molecule has 1 aromatic rings. The van der Waals surface area contributed by atoms with Crippen molar-refractivity contribution in [3.05, 3.63) is 29.8 Å². The van der Waals surface area contributed by atoms with Crippen molar-refractivity contribution in [3.63, 3.8) is 0 Å². The van der Waals surface area contributed by atoms with Gasteiger partial charge in [-0.05, 0) is 49.4 Å². The lowest BCUT2D eigenvalue weighted by atomic mass is 10.0. The first-order chi connectivity index (χ1) is 9.17. The average molecular weight is 263 g/mol. The maximum absolute atomic E-state index is 5.83. The first-order valence-corrected chi connectivity index (χ1v) is 7.63. The third-order valence-corrected chi connectivity index (χ3v) is 3.27. The molecule has 0 aliphatic heterocycles. The number of rotatable bonds is 9. The highest BCUT2D eigenvalue weighted by atomic mass is 16.5. The Morgan fingerprint density at radius 3 is 2.63 bits per heavy atom. The molecule has 0 aromatic heterocycles. The van der Waals surface area contributed by atoms with E-state index >= 15 is 0 Å². The van der Waals surface area contributed by atoms with Crippen LogP contribution in [0.3, 0.4) is 0 Å². The van der Waals surface area contributed by atoms with Crippen LogP contribution in [0.1, 0.15) is 58.6 Å².